The Labute approximate surface area is 189 Å². The molecule has 2 heterocycles. The van der Waals surface area contributed by atoms with Gasteiger partial charge in [-0.1, -0.05) is 17.7 Å². The third-order valence-corrected chi connectivity index (χ3v) is 6.78. The zero-order chi connectivity index (χ0) is 22.0. The summed E-state index contributed by atoms with van der Waals surface area (Å²) in [5.74, 6) is -0.596. The number of anilines is 2. The minimum atomic E-state index is -0.549. The van der Waals surface area contributed by atoms with Gasteiger partial charge in [0.1, 0.15) is 0 Å². The van der Waals surface area contributed by atoms with E-state index in [2.05, 4.69) is 10.6 Å². The third-order valence-electron chi connectivity index (χ3n) is 5.27. The quantitative estimate of drug-likeness (QED) is 0.729. The number of rotatable bonds is 4. The molecule has 0 aromatic heterocycles. The molecule has 7 nitrogen and oxygen atoms in total. The lowest BCUT2D eigenvalue weighted by atomic mass is 10.0. The van der Waals surface area contributed by atoms with Gasteiger partial charge in [0.2, 0.25) is 11.8 Å². The van der Waals surface area contributed by atoms with Crippen molar-refractivity contribution >= 4 is 52.5 Å². The highest BCUT2D eigenvalue weighted by molar-refractivity contribution is 8.01. The first-order valence-corrected chi connectivity index (χ1v) is 11.2. The van der Waals surface area contributed by atoms with Crippen LogP contribution in [-0.2, 0) is 14.3 Å². The van der Waals surface area contributed by atoms with Gasteiger partial charge < -0.3 is 20.3 Å². The lowest BCUT2D eigenvalue weighted by Crippen LogP contribution is -2.41. The number of thioether (sulfide) groups is 1. The molecule has 0 aliphatic carbocycles. The van der Waals surface area contributed by atoms with Crippen molar-refractivity contribution in [3.8, 4) is 0 Å². The summed E-state index contributed by atoms with van der Waals surface area (Å²) < 4.78 is 5.31. The van der Waals surface area contributed by atoms with Crippen molar-refractivity contribution in [2.24, 2.45) is 0 Å². The average Bonchev–Trinajstić information content (AvgIpc) is 2.76. The number of fused-ring (bicyclic) bond motifs is 1. The Balaban J connectivity index is 1.43. The van der Waals surface area contributed by atoms with Crippen molar-refractivity contribution in [1.82, 2.24) is 4.90 Å². The minimum Gasteiger partial charge on any atom is -0.378 e. The number of ether oxygens (including phenoxy) is 1. The number of carbonyl (C=O) groups excluding carboxylic acids is 3. The van der Waals surface area contributed by atoms with Gasteiger partial charge in [-0.25, -0.2) is 0 Å². The van der Waals surface area contributed by atoms with Crippen LogP contribution in [0.3, 0.4) is 0 Å². The van der Waals surface area contributed by atoms with Crippen LogP contribution in [0.25, 0.3) is 0 Å². The normalized spacial score (nSPS) is 18.2. The molecule has 2 N–H and O–H groups in total. The van der Waals surface area contributed by atoms with Gasteiger partial charge in [-0.15, -0.1) is 11.8 Å². The monoisotopic (exact) mass is 459 g/mol. The molecular formula is C22H22ClN3O4S. The third kappa shape index (κ3) is 4.87. The lowest BCUT2D eigenvalue weighted by molar-refractivity contribution is -0.120. The van der Waals surface area contributed by atoms with E-state index in [1.807, 2.05) is 13.0 Å². The van der Waals surface area contributed by atoms with Gasteiger partial charge in [0.15, 0.2) is 0 Å². The van der Waals surface area contributed by atoms with E-state index < -0.39 is 5.25 Å². The fourth-order valence-electron chi connectivity index (χ4n) is 3.57. The Morgan fingerprint density at radius 3 is 2.81 bits per heavy atom. The van der Waals surface area contributed by atoms with Crippen molar-refractivity contribution in [3.05, 3.63) is 52.5 Å². The molecule has 2 aliphatic heterocycles. The molecule has 3 amide bonds. The summed E-state index contributed by atoms with van der Waals surface area (Å²) in [6.07, 6.45) is 0.0135. The first-order valence-electron chi connectivity index (χ1n) is 9.96. The number of hydrogen-bond acceptors (Lipinski definition) is 5. The predicted octanol–water partition coefficient (Wildman–Crippen LogP) is 3.56. The van der Waals surface area contributed by atoms with Crippen molar-refractivity contribution in [2.75, 3.05) is 36.9 Å². The molecule has 2 aromatic rings. The van der Waals surface area contributed by atoms with E-state index in [0.29, 0.717) is 53.8 Å². The molecule has 1 atom stereocenters. The number of benzene rings is 2. The van der Waals surface area contributed by atoms with Gasteiger partial charge in [0.25, 0.3) is 5.91 Å². The van der Waals surface area contributed by atoms with Crippen LogP contribution in [0.1, 0.15) is 22.3 Å². The maximum absolute atomic E-state index is 12.9. The second kappa shape index (κ2) is 9.30. The molecule has 0 saturated carbocycles. The fourth-order valence-corrected chi connectivity index (χ4v) is 4.83. The van der Waals surface area contributed by atoms with E-state index in [4.69, 9.17) is 16.3 Å². The molecule has 0 radical (unpaired) electrons. The zero-order valence-corrected chi connectivity index (χ0v) is 18.5. The highest BCUT2D eigenvalue weighted by Gasteiger charge is 2.29. The van der Waals surface area contributed by atoms with Gasteiger partial charge in [0.05, 0.1) is 24.2 Å². The SMILES string of the molecule is Cc1c(NC(=O)CC2Sc3ccc(Cl)cc3NC2=O)cccc1C(=O)N1CCOCC1. The fraction of sp³-hybridized carbons (Fsp3) is 0.318. The Morgan fingerprint density at radius 2 is 2.03 bits per heavy atom. The molecular weight excluding hydrogens is 438 g/mol. The van der Waals surface area contributed by atoms with E-state index >= 15 is 0 Å². The molecule has 1 fully saturated rings. The second-order valence-corrected chi connectivity index (χ2v) is 9.05. The molecule has 1 unspecified atom stereocenters. The summed E-state index contributed by atoms with van der Waals surface area (Å²) in [6, 6.07) is 10.5. The number of morpholine rings is 1. The maximum Gasteiger partial charge on any atom is 0.254 e. The summed E-state index contributed by atoms with van der Waals surface area (Å²) in [6.45, 7) is 3.96. The van der Waals surface area contributed by atoms with Crippen LogP contribution in [0.15, 0.2) is 41.3 Å². The van der Waals surface area contributed by atoms with Crippen molar-refractivity contribution in [2.45, 2.75) is 23.5 Å². The van der Waals surface area contributed by atoms with Crippen LogP contribution in [0, 0.1) is 6.92 Å². The predicted molar refractivity (Wildman–Crippen MR) is 121 cm³/mol. The molecule has 0 spiro atoms. The number of amides is 3. The van der Waals surface area contributed by atoms with Gasteiger partial charge >= 0.3 is 0 Å². The smallest absolute Gasteiger partial charge is 0.254 e. The number of hydrogen-bond donors (Lipinski definition) is 2. The number of nitrogens with one attached hydrogen (secondary N) is 2. The first kappa shape index (κ1) is 21.7. The van der Waals surface area contributed by atoms with Gasteiger partial charge in [-0.2, -0.15) is 0 Å². The van der Waals surface area contributed by atoms with Crippen molar-refractivity contribution in [3.63, 3.8) is 0 Å². The van der Waals surface area contributed by atoms with Crippen LogP contribution in [-0.4, -0.2) is 54.2 Å². The van der Waals surface area contributed by atoms with E-state index in [-0.39, 0.29) is 24.1 Å². The summed E-state index contributed by atoms with van der Waals surface area (Å²) in [5.41, 5.74) is 2.48. The van der Waals surface area contributed by atoms with Crippen LogP contribution in [0.2, 0.25) is 5.02 Å². The first-order chi connectivity index (χ1) is 14.9. The molecule has 4 rings (SSSR count). The Morgan fingerprint density at radius 1 is 1.26 bits per heavy atom. The molecule has 9 heteroatoms. The van der Waals surface area contributed by atoms with E-state index in [1.165, 1.54) is 11.8 Å². The number of carbonyl (C=O) groups is 3. The number of halogens is 1. The molecule has 162 valence electrons. The summed E-state index contributed by atoms with van der Waals surface area (Å²) in [5, 5.41) is 5.66. The van der Waals surface area contributed by atoms with Crippen molar-refractivity contribution < 1.29 is 19.1 Å². The highest BCUT2D eigenvalue weighted by Crippen LogP contribution is 2.38. The summed E-state index contributed by atoms with van der Waals surface area (Å²) in [7, 11) is 0. The van der Waals surface area contributed by atoms with Gasteiger partial charge in [0, 0.05) is 40.7 Å². The largest absolute Gasteiger partial charge is 0.378 e. The van der Waals surface area contributed by atoms with Crippen LogP contribution in [0.4, 0.5) is 11.4 Å². The molecule has 2 aliphatic rings. The van der Waals surface area contributed by atoms with Crippen LogP contribution >= 0.6 is 23.4 Å². The highest BCUT2D eigenvalue weighted by atomic mass is 35.5. The Kier molecular flexibility index (Phi) is 6.50. The lowest BCUT2D eigenvalue weighted by Gasteiger charge is -2.27. The molecule has 1 saturated heterocycles. The van der Waals surface area contributed by atoms with Crippen LogP contribution in [0.5, 0.6) is 0 Å². The molecule has 0 bridgehead atoms. The minimum absolute atomic E-state index is 0.0135. The Bertz CT molecular complexity index is 1040. The second-order valence-electron chi connectivity index (χ2n) is 7.37. The van der Waals surface area contributed by atoms with Crippen LogP contribution < -0.4 is 10.6 Å². The van der Waals surface area contributed by atoms with E-state index in [0.717, 1.165) is 4.90 Å². The topological polar surface area (TPSA) is 87.7 Å². The van der Waals surface area contributed by atoms with Gasteiger partial charge in [-0.05, 0) is 42.8 Å². The van der Waals surface area contributed by atoms with E-state index in [9.17, 15) is 14.4 Å². The molecule has 2 aromatic carbocycles. The summed E-state index contributed by atoms with van der Waals surface area (Å²) >= 11 is 7.32. The molecule has 31 heavy (non-hydrogen) atoms. The van der Waals surface area contributed by atoms with Crippen molar-refractivity contribution in [1.29, 1.82) is 0 Å². The average molecular weight is 460 g/mol. The number of nitrogens with zero attached hydrogens (tertiary/aromatic N) is 1. The maximum atomic E-state index is 12.9. The summed E-state index contributed by atoms with van der Waals surface area (Å²) in [4.78, 5) is 40.6. The van der Waals surface area contributed by atoms with E-state index in [1.54, 1.807) is 35.2 Å². The Hall–Kier alpha value is -2.55. The zero-order valence-electron chi connectivity index (χ0n) is 16.9. The van der Waals surface area contributed by atoms with Gasteiger partial charge in [-0.3, -0.25) is 14.4 Å². The standard InChI is InChI=1S/C22H22ClN3O4S/c1-13-15(22(29)26-7-9-30-10-8-26)3-2-4-16(13)24-20(27)12-19-21(28)25-17-11-14(23)5-6-18(17)31-19/h2-6,11,19H,7-10,12H2,1H3,(H,24,27)(H,25,28).